The van der Waals surface area contributed by atoms with Crippen molar-refractivity contribution in [1.29, 1.82) is 0 Å². The molecule has 1 fully saturated rings. The first-order valence-electron chi connectivity index (χ1n) is 3.99. The summed E-state index contributed by atoms with van der Waals surface area (Å²) in [6.07, 6.45) is 7.69. The topological polar surface area (TPSA) is 38.9 Å². The third-order valence-corrected chi connectivity index (χ3v) is 3.03. The first-order chi connectivity index (χ1) is 5.81. The zero-order valence-corrected chi connectivity index (χ0v) is 7.47. The Labute approximate surface area is 75.8 Å². The Kier molecular flexibility index (Phi) is 1.87. The van der Waals surface area contributed by atoms with Crippen LogP contribution in [-0.2, 0) is 0 Å². The predicted octanol–water partition coefficient (Wildman–Crippen LogP) is 1.53. The predicted molar refractivity (Wildman–Crippen MR) is 49.7 cm³/mol. The van der Waals surface area contributed by atoms with E-state index in [1.807, 2.05) is 5.38 Å². The molecule has 2 N–H and O–H groups in total. The minimum Gasteiger partial charge on any atom is -0.322 e. The van der Waals surface area contributed by atoms with Crippen molar-refractivity contribution in [2.75, 3.05) is 0 Å². The van der Waals surface area contributed by atoms with Gasteiger partial charge in [-0.25, -0.2) is 4.98 Å². The molecule has 0 aliphatic heterocycles. The minimum absolute atomic E-state index is 0.122. The lowest BCUT2D eigenvalue weighted by Crippen LogP contribution is -2.11. The maximum atomic E-state index is 5.95. The number of terminal acetylenes is 1. The number of hydrogen-bond donors (Lipinski definition) is 1. The molecule has 3 heteroatoms. The summed E-state index contributed by atoms with van der Waals surface area (Å²) in [5.41, 5.74) is 6.66. The summed E-state index contributed by atoms with van der Waals surface area (Å²) in [4.78, 5) is 4.25. The third-order valence-electron chi connectivity index (χ3n) is 2.08. The quantitative estimate of drug-likeness (QED) is 0.698. The largest absolute Gasteiger partial charge is 0.322 e. The lowest BCUT2D eigenvalue weighted by atomic mass is 10.2. The van der Waals surface area contributed by atoms with Crippen LogP contribution in [0.5, 0.6) is 0 Å². The summed E-state index contributed by atoms with van der Waals surface area (Å²) >= 11 is 1.57. The summed E-state index contributed by atoms with van der Waals surface area (Å²) in [7, 11) is 0. The van der Waals surface area contributed by atoms with Gasteiger partial charge in [0, 0.05) is 5.38 Å². The van der Waals surface area contributed by atoms with Gasteiger partial charge in [-0.3, -0.25) is 0 Å². The number of rotatable bonds is 2. The van der Waals surface area contributed by atoms with Crippen LogP contribution < -0.4 is 5.73 Å². The smallest absolute Gasteiger partial charge is 0.124 e. The average molecular weight is 178 g/mol. The molecule has 0 spiro atoms. The molecule has 2 nitrogen and oxygen atoms in total. The standard InChI is InChI=1S/C9H10N2S/c1-2-7-5-12-9(11-7)8(10)6-3-4-6/h1,5-6,8H,3-4,10H2. The molecule has 1 aromatic rings. The van der Waals surface area contributed by atoms with Crippen LogP contribution in [0.2, 0.25) is 0 Å². The SMILES string of the molecule is C#Cc1csc(C(N)C2CC2)n1. The van der Waals surface area contributed by atoms with Crippen LogP contribution in [0.3, 0.4) is 0 Å². The Hall–Kier alpha value is -0.850. The maximum Gasteiger partial charge on any atom is 0.124 e. The van der Waals surface area contributed by atoms with Crippen LogP contribution >= 0.6 is 11.3 Å². The Balaban J connectivity index is 2.17. The number of hydrogen-bond acceptors (Lipinski definition) is 3. The van der Waals surface area contributed by atoms with E-state index >= 15 is 0 Å². The second kappa shape index (κ2) is 2.89. The molecule has 62 valence electrons. The third kappa shape index (κ3) is 1.36. The molecule has 1 aliphatic carbocycles. The summed E-state index contributed by atoms with van der Waals surface area (Å²) in [5.74, 6) is 3.16. The Morgan fingerprint density at radius 2 is 2.50 bits per heavy atom. The Bertz CT molecular complexity index is 320. The van der Waals surface area contributed by atoms with E-state index in [-0.39, 0.29) is 6.04 Å². The van der Waals surface area contributed by atoms with Crippen molar-refractivity contribution in [2.24, 2.45) is 11.7 Å². The molecule has 0 radical (unpaired) electrons. The van der Waals surface area contributed by atoms with Gasteiger partial charge in [-0.15, -0.1) is 17.8 Å². The highest BCUT2D eigenvalue weighted by Crippen LogP contribution is 2.40. The second-order valence-corrected chi connectivity index (χ2v) is 3.97. The molecular weight excluding hydrogens is 168 g/mol. The lowest BCUT2D eigenvalue weighted by Gasteiger charge is -2.03. The molecule has 1 atom stereocenters. The first-order valence-corrected chi connectivity index (χ1v) is 4.87. The lowest BCUT2D eigenvalue weighted by molar-refractivity contribution is 0.628. The molecule has 0 bridgehead atoms. The molecule has 0 aromatic carbocycles. The minimum atomic E-state index is 0.122. The van der Waals surface area contributed by atoms with Crippen LogP contribution in [0.25, 0.3) is 0 Å². The molecule has 1 aliphatic rings. The van der Waals surface area contributed by atoms with Gasteiger partial charge < -0.3 is 5.73 Å². The zero-order chi connectivity index (χ0) is 8.55. The van der Waals surface area contributed by atoms with Crippen molar-refractivity contribution in [1.82, 2.24) is 4.98 Å². The highest BCUT2D eigenvalue weighted by molar-refractivity contribution is 7.09. The first kappa shape index (κ1) is 7.78. The summed E-state index contributed by atoms with van der Waals surface area (Å²) in [6, 6.07) is 0.122. The number of aromatic nitrogens is 1. The number of thiazole rings is 1. The normalized spacial score (nSPS) is 18.7. The molecule has 1 aromatic heterocycles. The van der Waals surface area contributed by atoms with Gasteiger partial charge in [0.2, 0.25) is 0 Å². The Morgan fingerprint density at radius 3 is 3.00 bits per heavy atom. The van der Waals surface area contributed by atoms with Crippen molar-refractivity contribution in [3.05, 3.63) is 16.1 Å². The monoisotopic (exact) mass is 178 g/mol. The molecule has 1 heterocycles. The van der Waals surface area contributed by atoms with E-state index < -0.39 is 0 Å². The molecular formula is C9H10N2S. The molecule has 1 saturated carbocycles. The van der Waals surface area contributed by atoms with Gasteiger partial charge in [0.15, 0.2) is 0 Å². The van der Waals surface area contributed by atoms with E-state index in [0.717, 1.165) is 5.01 Å². The van der Waals surface area contributed by atoms with Gasteiger partial charge in [0.1, 0.15) is 10.7 Å². The summed E-state index contributed by atoms with van der Waals surface area (Å²) in [5, 5.41) is 2.88. The van der Waals surface area contributed by atoms with Crippen molar-refractivity contribution >= 4 is 11.3 Å². The van der Waals surface area contributed by atoms with Crippen LogP contribution in [0.1, 0.15) is 29.6 Å². The molecule has 0 amide bonds. The summed E-state index contributed by atoms with van der Waals surface area (Å²) in [6.45, 7) is 0. The molecule has 1 unspecified atom stereocenters. The summed E-state index contributed by atoms with van der Waals surface area (Å²) < 4.78 is 0. The molecule has 0 saturated heterocycles. The van der Waals surface area contributed by atoms with Crippen molar-refractivity contribution in [3.8, 4) is 12.3 Å². The molecule has 12 heavy (non-hydrogen) atoms. The number of nitrogens with zero attached hydrogens (tertiary/aromatic N) is 1. The van der Waals surface area contributed by atoms with Gasteiger partial charge >= 0.3 is 0 Å². The van der Waals surface area contributed by atoms with Gasteiger partial charge in [-0.1, -0.05) is 0 Å². The van der Waals surface area contributed by atoms with Crippen molar-refractivity contribution < 1.29 is 0 Å². The molecule has 2 rings (SSSR count). The van der Waals surface area contributed by atoms with Gasteiger partial charge in [0.25, 0.3) is 0 Å². The van der Waals surface area contributed by atoms with Crippen LogP contribution in [0, 0.1) is 18.3 Å². The van der Waals surface area contributed by atoms with Crippen LogP contribution in [0.15, 0.2) is 5.38 Å². The van der Waals surface area contributed by atoms with Gasteiger partial charge in [0.05, 0.1) is 6.04 Å². The zero-order valence-electron chi connectivity index (χ0n) is 6.66. The highest BCUT2D eigenvalue weighted by atomic mass is 32.1. The fourth-order valence-corrected chi connectivity index (χ4v) is 2.02. The van der Waals surface area contributed by atoms with E-state index in [9.17, 15) is 0 Å². The van der Waals surface area contributed by atoms with E-state index in [0.29, 0.717) is 11.6 Å². The van der Waals surface area contributed by atoms with E-state index in [2.05, 4.69) is 10.9 Å². The number of nitrogens with two attached hydrogens (primary N) is 1. The van der Waals surface area contributed by atoms with Crippen LogP contribution in [0.4, 0.5) is 0 Å². The van der Waals surface area contributed by atoms with E-state index in [1.165, 1.54) is 12.8 Å². The van der Waals surface area contributed by atoms with Crippen molar-refractivity contribution in [3.63, 3.8) is 0 Å². The van der Waals surface area contributed by atoms with E-state index in [4.69, 9.17) is 12.2 Å². The second-order valence-electron chi connectivity index (χ2n) is 3.08. The van der Waals surface area contributed by atoms with Crippen molar-refractivity contribution in [2.45, 2.75) is 18.9 Å². The average Bonchev–Trinajstić information content (AvgIpc) is 2.82. The van der Waals surface area contributed by atoms with Crippen LogP contribution in [-0.4, -0.2) is 4.98 Å². The fourth-order valence-electron chi connectivity index (χ4n) is 1.16. The van der Waals surface area contributed by atoms with Gasteiger partial charge in [-0.2, -0.15) is 0 Å². The highest BCUT2D eigenvalue weighted by Gasteiger charge is 2.31. The maximum absolute atomic E-state index is 5.95. The van der Waals surface area contributed by atoms with E-state index in [1.54, 1.807) is 11.3 Å². The Morgan fingerprint density at radius 1 is 1.75 bits per heavy atom. The fraction of sp³-hybridized carbons (Fsp3) is 0.444. The van der Waals surface area contributed by atoms with Gasteiger partial charge in [-0.05, 0) is 24.7 Å².